The van der Waals surface area contributed by atoms with Gasteiger partial charge >= 0.3 is 0 Å². The van der Waals surface area contributed by atoms with E-state index in [4.69, 9.17) is 9.52 Å². The molecule has 1 unspecified atom stereocenters. The fourth-order valence-electron chi connectivity index (χ4n) is 1.67. The van der Waals surface area contributed by atoms with Crippen LogP contribution in [0, 0.1) is 5.92 Å². The molecule has 1 heterocycles. The van der Waals surface area contributed by atoms with E-state index in [1.807, 2.05) is 0 Å². The van der Waals surface area contributed by atoms with E-state index in [0.29, 0.717) is 12.5 Å². The number of oxazole rings is 1. The topological polar surface area (TPSA) is 58.3 Å². The fraction of sp³-hybridized carbons (Fsp3) is 0.727. The Labute approximate surface area is 90.7 Å². The van der Waals surface area contributed by atoms with Gasteiger partial charge in [-0.1, -0.05) is 13.3 Å². The number of nitrogens with one attached hydrogen (secondary N) is 1. The van der Waals surface area contributed by atoms with E-state index in [0.717, 1.165) is 31.6 Å². The second-order valence-corrected chi connectivity index (χ2v) is 3.77. The van der Waals surface area contributed by atoms with Crippen molar-refractivity contribution < 1.29 is 9.52 Å². The molecule has 0 spiro atoms. The van der Waals surface area contributed by atoms with Crippen LogP contribution in [-0.4, -0.2) is 23.2 Å². The summed E-state index contributed by atoms with van der Waals surface area (Å²) in [4.78, 5) is 3.85. The lowest BCUT2D eigenvalue weighted by Crippen LogP contribution is -2.23. The Morgan fingerprint density at radius 1 is 1.53 bits per heavy atom. The SMILES string of the molecule is CCCC(CCO)CNCc1cnco1. The molecule has 1 aromatic heterocycles. The molecule has 1 rings (SSSR count). The highest BCUT2D eigenvalue weighted by atomic mass is 16.3. The highest BCUT2D eigenvalue weighted by molar-refractivity contribution is 4.87. The van der Waals surface area contributed by atoms with Gasteiger partial charge < -0.3 is 14.8 Å². The summed E-state index contributed by atoms with van der Waals surface area (Å²) < 4.78 is 5.11. The van der Waals surface area contributed by atoms with Crippen molar-refractivity contribution in [2.75, 3.05) is 13.2 Å². The Morgan fingerprint density at radius 3 is 3.00 bits per heavy atom. The standard InChI is InChI=1S/C11H20N2O2/c1-2-3-10(4-5-14)6-12-7-11-8-13-9-15-11/h8-10,12,14H,2-7H2,1H3. The molecule has 15 heavy (non-hydrogen) atoms. The zero-order chi connectivity index (χ0) is 10.9. The third kappa shape index (κ3) is 4.95. The van der Waals surface area contributed by atoms with Gasteiger partial charge in [0.25, 0.3) is 0 Å². The van der Waals surface area contributed by atoms with Crippen LogP contribution in [0.15, 0.2) is 17.0 Å². The van der Waals surface area contributed by atoms with Crippen LogP contribution in [-0.2, 0) is 6.54 Å². The molecule has 4 nitrogen and oxygen atoms in total. The first kappa shape index (κ1) is 12.2. The van der Waals surface area contributed by atoms with Crippen LogP contribution in [0.2, 0.25) is 0 Å². The quantitative estimate of drug-likeness (QED) is 0.686. The summed E-state index contributed by atoms with van der Waals surface area (Å²) in [6.07, 6.45) is 6.35. The minimum absolute atomic E-state index is 0.272. The number of aliphatic hydroxyl groups is 1. The molecular formula is C11H20N2O2. The number of aromatic nitrogens is 1. The maximum absolute atomic E-state index is 8.89. The van der Waals surface area contributed by atoms with Crippen LogP contribution >= 0.6 is 0 Å². The van der Waals surface area contributed by atoms with Gasteiger partial charge in [0.15, 0.2) is 6.39 Å². The maximum atomic E-state index is 8.89. The summed E-state index contributed by atoms with van der Waals surface area (Å²) in [5.41, 5.74) is 0. The largest absolute Gasteiger partial charge is 0.447 e. The van der Waals surface area contributed by atoms with Crippen LogP contribution < -0.4 is 5.32 Å². The summed E-state index contributed by atoms with van der Waals surface area (Å²) in [5, 5.41) is 12.2. The number of hydrogen-bond acceptors (Lipinski definition) is 4. The molecule has 0 aliphatic carbocycles. The van der Waals surface area contributed by atoms with Crippen molar-refractivity contribution in [2.45, 2.75) is 32.7 Å². The van der Waals surface area contributed by atoms with Crippen molar-refractivity contribution in [3.8, 4) is 0 Å². The van der Waals surface area contributed by atoms with Gasteiger partial charge in [0.05, 0.1) is 12.7 Å². The number of nitrogens with zero attached hydrogens (tertiary/aromatic N) is 1. The molecule has 2 N–H and O–H groups in total. The maximum Gasteiger partial charge on any atom is 0.180 e. The van der Waals surface area contributed by atoms with Gasteiger partial charge in [0, 0.05) is 6.61 Å². The zero-order valence-corrected chi connectivity index (χ0v) is 9.28. The van der Waals surface area contributed by atoms with Gasteiger partial charge in [-0.15, -0.1) is 0 Å². The van der Waals surface area contributed by atoms with E-state index in [2.05, 4.69) is 17.2 Å². The Bertz CT molecular complexity index is 231. The highest BCUT2D eigenvalue weighted by Crippen LogP contribution is 2.09. The van der Waals surface area contributed by atoms with E-state index in [-0.39, 0.29) is 6.61 Å². The van der Waals surface area contributed by atoms with Gasteiger partial charge in [-0.2, -0.15) is 0 Å². The number of aliphatic hydroxyl groups excluding tert-OH is 1. The Kier molecular flexibility index (Phi) is 6.04. The van der Waals surface area contributed by atoms with Crippen LogP contribution in [0.25, 0.3) is 0 Å². The van der Waals surface area contributed by atoms with Crippen molar-refractivity contribution in [2.24, 2.45) is 5.92 Å². The van der Waals surface area contributed by atoms with Crippen LogP contribution in [0.4, 0.5) is 0 Å². The minimum atomic E-state index is 0.272. The smallest absolute Gasteiger partial charge is 0.180 e. The van der Waals surface area contributed by atoms with Crippen molar-refractivity contribution in [3.63, 3.8) is 0 Å². The average molecular weight is 212 g/mol. The van der Waals surface area contributed by atoms with E-state index in [1.54, 1.807) is 6.20 Å². The molecule has 0 fully saturated rings. The summed E-state index contributed by atoms with van der Waals surface area (Å²) in [6.45, 7) is 4.08. The molecule has 0 bridgehead atoms. The van der Waals surface area contributed by atoms with Crippen LogP contribution in [0.1, 0.15) is 31.9 Å². The molecule has 0 amide bonds. The predicted octanol–water partition coefficient (Wildman–Crippen LogP) is 1.56. The van der Waals surface area contributed by atoms with Crippen molar-refractivity contribution in [3.05, 3.63) is 18.4 Å². The molecule has 0 aliphatic rings. The minimum Gasteiger partial charge on any atom is -0.447 e. The van der Waals surface area contributed by atoms with Gasteiger partial charge in [-0.05, 0) is 25.3 Å². The van der Waals surface area contributed by atoms with Crippen LogP contribution in [0.5, 0.6) is 0 Å². The summed E-state index contributed by atoms with van der Waals surface area (Å²) >= 11 is 0. The highest BCUT2D eigenvalue weighted by Gasteiger charge is 2.06. The zero-order valence-electron chi connectivity index (χ0n) is 9.28. The lowest BCUT2D eigenvalue weighted by Gasteiger charge is -2.14. The normalized spacial score (nSPS) is 12.9. The number of hydrogen-bond donors (Lipinski definition) is 2. The van der Waals surface area contributed by atoms with Crippen molar-refractivity contribution in [1.29, 1.82) is 0 Å². The first-order valence-corrected chi connectivity index (χ1v) is 5.55. The molecule has 4 heteroatoms. The molecule has 0 aromatic carbocycles. The summed E-state index contributed by atoms with van der Waals surface area (Å²) in [6, 6.07) is 0. The van der Waals surface area contributed by atoms with Gasteiger partial charge in [0.2, 0.25) is 0 Å². The monoisotopic (exact) mass is 212 g/mol. The van der Waals surface area contributed by atoms with Crippen LogP contribution in [0.3, 0.4) is 0 Å². The first-order valence-electron chi connectivity index (χ1n) is 5.55. The predicted molar refractivity (Wildman–Crippen MR) is 58.3 cm³/mol. The fourth-order valence-corrected chi connectivity index (χ4v) is 1.67. The Hall–Kier alpha value is -0.870. The molecule has 0 aliphatic heterocycles. The van der Waals surface area contributed by atoms with E-state index < -0.39 is 0 Å². The lowest BCUT2D eigenvalue weighted by molar-refractivity contribution is 0.247. The molecule has 1 aromatic rings. The van der Waals surface area contributed by atoms with Crippen molar-refractivity contribution >= 4 is 0 Å². The van der Waals surface area contributed by atoms with Crippen molar-refractivity contribution in [1.82, 2.24) is 10.3 Å². The van der Waals surface area contributed by atoms with E-state index in [1.165, 1.54) is 6.39 Å². The van der Waals surface area contributed by atoms with E-state index >= 15 is 0 Å². The van der Waals surface area contributed by atoms with E-state index in [9.17, 15) is 0 Å². The molecule has 1 atom stereocenters. The molecule has 0 radical (unpaired) electrons. The lowest BCUT2D eigenvalue weighted by atomic mass is 10.0. The number of rotatable bonds is 8. The summed E-state index contributed by atoms with van der Waals surface area (Å²) in [7, 11) is 0. The first-order chi connectivity index (χ1) is 7.36. The van der Waals surface area contributed by atoms with Gasteiger partial charge in [-0.25, -0.2) is 4.98 Å². The Morgan fingerprint density at radius 2 is 2.40 bits per heavy atom. The second-order valence-electron chi connectivity index (χ2n) is 3.77. The molecule has 0 saturated heterocycles. The molecule has 0 saturated carbocycles. The average Bonchev–Trinajstić information content (AvgIpc) is 2.71. The van der Waals surface area contributed by atoms with Gasteiger partial charge in [0.1, 0.15) is 5.76 Å². The molecular weight excluding hydrogens is 192 g/mol. The third-order valence-electron chi connectivity index (χ3n) is 2.45. The Balaban J connectivity index is 2.15. The van der Waals surface area contributed by atoms with Gasteiger partial charge in [-0.3, -0.25) is 0 Å². The third-order valence-corrected chi connectivity index (χ3v) is 2.45. The second kappa shape index (κ2) is 7.43. The summed E-state index contributed by atoms with van der Waals surface area (Å²) in [5.74, 6) is 1.41. The molecule has 86 valence electrons.